The summed E-state index contributed by atoms with van der Waals surface area (Å²) in [7, 11) is 1.11. The number of amides is 2. The maximum Gasteiger partial charge on any atom is 0.406 e. The second-order valence-electron chi connectivity index (χ2n) is 6.30. The maximum absolute atomic E-state index is 12.7. The lowest BCUT2D eigenvalue weighted by Gasteiger charge is -2.33. The topological polar surface area (TPSA) is 62.7 Å². The molecule has 2 amide bonds. The van der Waals surface area contributed by atoms with Crippen molar-refractivity contribution in [3.8, 4) is 0 Å². The number of fused-ring (bicyclic) bond motifs is 1. The minimum absolute atomic E-state index is 0.122. The fraction of sp³-hybridized carbons (Fsp3) is 0.471. The van der Waals surface area contributed by atoms with Gasteiger partial charge in [-0.2, -0.15) is 13.2 Å². The molecule has 6 nitrogen and oxygen atoms in total. The zero-order chi connectivity index (χ0) is 19.8. The number of halogens is 3. The molecule has 1 atom stereocenters. The number of aromatic nitrogens is 1. The van der Waals surface area contributed by atoms with Crippen molar-refractivity contribution in [2.75, 3.05) is 33.3 Å². The van der Waals surface area contributed by atoms with Crippen LogP contribution < -0.4 is 0 Å². The molecule has 1 aliphatic rings. The van der Waals surface area contributed by atoms with Gasteiger partial charge in [0.2, 0.25) is 5.91 Å². The lowest BCUT2D eigenvalue weighted by atomic mass is 10.0. The Labute approximate surface area is 157 Å². The third kappa shape index (κ3) is 4.22. The number of pyridine rings is 1. The van der Waals surface area contributed by atoms with Crippen molar-refractivity contribution in [2.24, 2.45) is 0 Å². The number of hydrogen-bond acceptors (Lipinski definition) is 5. The molecule has 2 aromatic rings. The first-order valence-corrected chi connectivity index (χ1v) is 9.06. The summed E-state index contributed by atoms with van der Waals surface area (Å²) in [6.07, 6.45) is -3.54. The minimum atomic E-state index is -4.49. The van der Waals surface area contributed by atoms with E-state index in [1.165, 1.54) is 6.92 Å². The summed E-state index contributed by atoms with van der Waals surface area (Å²) in [5, 5.41) is 0.654. The van der Waals surface area contributed by atoms with Gasteiger partial charge in [-0.15, -0.1) is 11.3 Å². The van der Waals surface area contributed by atoms with E-state index in [9.17, 15) is 22.8 Å². The predicted octanol–water partition coefficient (Wildman–Crippen LogP) is 2.85. The van der Waals surface area contributed by atoms with Crippen LogP contribution in [0.25, 0.3) is 10.2 Å². The monoisotopic (exact) mass is 401 g/mol. The SMILES string of the molecule is CC(=O)N1CCOC(c2c(C(=O)N(C)CC(F)(F)F)sc3ncccc23)C1. The maximum atomic E-state index is 12.7. The predicted molar refractivity (Wildman–Crippen MR) is 93.6 cm³/mol. The number of carbonyl (C=O) groups is 2. The highest BCUT2D eigenvalue weighted by molar-refractivity contribution is 7.20. The van der Waals surface area contributed by atoms with Crippen LogP contribution in [0.3, 0.4) is 0 Å². The lowest BCUT2D eigenvalue weighted by Crippen LogP contribution is -2.41. The van der Waals surface area contributed by atoms with Gasteiger partial charge in [-0.25, -0.2) is 4.98 Å². The van der Waals surface area contributed by atoms with Crippen LogP contribution in [0.4, 0.5) is 13.2 Å². The highest BCUT2D eigenvalue weighted by atomic mass is 32.1. The van der Waals surface area contributed by atoms with E-state index in [1.54, 1.807) is 23.2 Å². The summed E-state index contributed by atoms with van der Waals surface area (Å²) in [5.74, 6) is -0.864. The fourth-order valence-electron chi connectivity index (χ4n) is 3.05. The number of nitrogens with zero attached hydrogens (tertiary/aromatic N) is 3. The smallest absolute Gasteiger partial charge is 0.370 e. The third-order valence-electron chi connectivity index (χ3n) is 4.30. The molecule has 2 aromatic heterocycles. The molecule has 0 saturated carbocycles. The van der Waals surface area contributed by atoms with Crippen LogP contribution in [0.5, 0.6) is 0 Å². The van der Waals surface area contributed by atoms with Gasteiger partial charge in [-0.1, -0.05) is 6.07 Å². The normalized spacial score (nSPS) is 18.0. The first kappa shape index (κ1) is 19.6. The molecule has 0 radical (unpaired) electrons. The fourth-order valence-corrected chi connectivity index (χ4v) is 4.24. The summed E-state index contributed by atoms with van der Waals surface area (Å²) in [5.41, 5.74) is 0.494. The molecule has 1 saturated heterocycles. The van der Waals surface area contributed by atoms with Crippen LogP contribution >= 0.6 is 11.3 Å². The van der Waals surface area contributed by atoms with Gasteiger partial charge in [-0.05, 0) is 6.07 Å². The Hall–Kier alpha value is -2.20. The molecule has 0 aromatic carbocycles. The number of hydrogen-bond donors (Lipinski definition) is 0. The molecule has 3 heterocycles. The Kier molecular flexibility index (Phi) is 5.38. The second-order valence-corrected chi connectivity index (χ2v) is 7.30. The van der Waals surface area contributed by atoms with Crippen LogP contribution in [0.1, 0.15) is 28.3 Å². The van der Waals surface area contributed by atoms with E-state index in [1.807, 2.05) is 0 Å². The minimum Gasteiger partial charge on any atom is -0.370 e. The van der Waals surface area contributed by atoms with Gasteiger partial charge < -0.3 is 14.5 Å². The van der Waals surface area contributed by atoms with E-state index in [4.69, 9.17) is 4.74 Å². The number of alkyl halides is 3. The van der Waals surface area contributed by atoms with Gasteiger partial charge in [0.25, 0.3) is 5.91 Å². The largest absolute Gasteiger partial charge is 0.406 e. The number of ether oxygens (including phenoxy) is 1. The van der Waals surface area contributed by atoms with E-state index in [2.05, 4.69) is 4.98 Å². The Morgan fingerprint density at radius 2 is 2.19 bits per heavy atom. The average molecular weight is 401 g/mol. The van der Waals surface area contributed by atoms with Crippen LogP contribution in [0, 0.1) is 0 Å². The Bertz CT molecular complexity index is 868. The van der Waals surface area contributed by atoms with Gasteiger partial charge in [0.1, 0.15) is 22.4 Å². The number of rotatable bonds is 3. The van der Waals surface area contributed by atoms with Crippen LogP contribution in [-0.2, 0) is 9.53 Å². The molecule has 0 N–H and O–H groups in total. The van der Waals surface area contributed by atoms with E-state index in [-0.39, 0.29) is 23.9 Å². The van der Waals surface area contributed by atoms with Crippen LogP contribution in [0.15, 0.2) is 18.3 Å². The molecule has 0 spiro atoms. The molecule has 1 fully saturated rings. The van der Waals surface area contributed by atoms with E-state index in [0.29, 0.717) is 27.2 Å². The van der Waals surface area contributed by atoms with Gasteiger partial charge in [0, 0.05) is 37.7 Å². The Balaban J connectivity index is 2.02. The molecule has 3 rings (SSSR count). The van der Waals surface area contributed by atoms with Crippen molar-refractivity contribution >= 4 is 33.4 Å². The molecule has 0 bridgehead atoms. The molecular weight excluding hydrogens is 383 g/mol. The van der Waals surface area contributed by atoms with Crippen LogP contribution in [-0.4, -0.2) is 66.1 Å². The van der Waals surface area contributed by atoms with Gasteiger partial charge in [-0.3, -0.25) is 9.59 Å². The highest BCUT2D eigenvalue weighted by Gasteiger charge is 2.35. The van der Waals surface area contributed by atoms with Crippen molar-refractivity contribution in [3.05, 3.63) is 28.8 Å². The third-order valence-corrected chi connectivity index (χ3v) is 5.41. The number of carbonyl (C=O) groups excluding carboxylic acids is 2. The summed E-state index contributed by atoms with van der Waals surface area (Å²) >= 11 is 1.04. The van der Waals surface area contributed by atoms with Crippen molar-refractivity contribution < 1.29 is 27.5 Å². The van der Waals surface area contributed by atoms with Gasteiger partial charge in [0.15, 0.2) is 0 Å². The van der Waals surface area contributed by atoms with Crippen molar-refractivity contribution in [2.45, 2.75) is 19.2 Å². The molecule has 10 heteroatoms. The average Bonchev–Trinajstić information content (AvgIpc) is 2.99. The zero-order valence-corrected chi connectivity index (χ0v) is 15.6. The second kappa shape index (κ2) is 7.43. The quantitative estimate of drug-likeness (QED) is 0.794. The molecular formula is C17H18F3N3O3S. The summed E-state index contributed by atoms with van der Waals surface area (Å²) in [6, 6.07) is 3.45. The first-order chi connectivity index (χ1) is 12.7. The molecule has 1 aliphatic heterocycles. The van der Waals surface area contributed by atoms with Crippen molar-refractivity contribution in [3.63, 3.8) is 0 Å². The number of morpholine rings is 1. The van der Waals surface area contributed by atoms with Crippen molar-refractivity contribution in [1.82, 2.24) is 14.8 Å². The van der Waals surface area contributed by atoms with E-state index < -0.39 is 24.7 Å². The van der Waals surface area contributed by atoms with E-state index in [0.717, 1.165) is 18.4 Å². The Morgan fingerprint density at radius 1 is 1.44 bits per heavy atom. The molecule has 1 unspecified atom stereocenters. The molecule has 0 aliphatic carbocycles. The zero-order valence-electron chi connectivity index (χ0n) is 14.7. The van der Waals surface area contributed by atoms with Gasteiger partial charge in [0.05, 0.1) is 13.2 Å². The first-order valence-electron chi connectivity index (χ1n) is 8.24. The Morgan fingerprint density at radius 3 is 2.85 bits per heavy atom. The lowest BCUT2D eigenvalue weighted by molar-refractivity contribution is -0.138. The summed E-state index contributed by atoms with van der Waals surface area (Å²) in [6.45, 7) is 1.05. The van der Waals surface area contributed by atoms with Crippen molar-refractivity contribution in [1.29, 1.82) is 0 Å². The summed E-state index contributed by atoms with van der Waals surface area (Å²) in [4.78, 5) is 31.6. The number of thiophene rings is 1. The van der Waals surface area contributed by atoms with Gasteiger partial charge >= 0.3 is 6.18 Å². The van der Waals surface area contributed by atoms with E-state index >= 15 is 0 Å². The standard InChI is InChI=1S/C17H18F3N3O3S/c1-10(24)23-6-7-26-12(8-23)13-11-4-3-5-21-15(11)27-14(13)16(25)22(2)9-17(18,19)20/h3-5,12H,6-9H2,1-2H3. The highest BCUT2D eigenvalue weighted by Crippen LogP contribution is 2.38. The van der Waals surface area contributed by atoms with Crippen LogP contribution in [0.2, 0.25) is 0 Å². The molecule has 27 heavy (non-hydrogen) atoms. The summed E-state index contributed by atoms with van der Waals surface area (Å²) < 4.78 is 43.9. The molecule has 146 valence electrons.